The lowest BCUT2D eigenvalue weighted by atomic mass is 10.1. The molecule has 1 rings (SSSR count). The van der Waals surface area contributed by atoms with Crippen LogP contribution in [0.1, 0.15) is 24.5 Å². The summed E-state index contributed by atoms with van der Waals surface area (Å²) < 4.78 is 5.15. The highest BCUT2D eigenvalue weighted by molar-refractivity contribution is 5.26. The normalized spacial score (nSPS) is 12.7. The highest BCUT2D eigenvalue weighted by atomic mass is 16.5. The molecule has 0 amide bonds. The zero-order chi connectivity index (χ0) is 11.8. The Morgan fingerprint density at radius 3 is 2.62 bits per heavy atom. The van der Waals surface area contributed by atoms with Gasteiger partial charge in [0, 0.05) is 13.7 Å². The fourth-order valence-electron chi connectivity index (χ4n) is 1.56. The molecular formula is C13H21NO2. The van der Waals surface area contributed by atoms with E-state index in [1.807, 2.05) is 12.1 Å². The molecule has 0 heterocycles. The molecule has 0 saturated heterocycles. The first-order chi connectivity index (χ1) is 7.74. The van der Waals surface area contributed by atoms with Crippen molar-refractivity contribution in [2.45, 2.75) is 32.6 Å². The van der Waals surface area contributed by atoms with E-state index < -0.39 is 0 Å². The zero-order valence-electron chi connectivity index (χ0n) is 10.1. The number of hydrogen-bond donors (Lipinski definition) is 2. The molecule has 0 aromatic heterocycles. The van der Waals surface area contributed by atoms with Crippen LogP contribution in [0.4, 0.5) is 0 Å². The summed E-state index contributed by atoms with van der Waals surface area (Å²) >= 11 is 0. The van der Waals surface area contributed by atoms with Gasteiger partial charge in [-0.25, -0.2) is 0 Å². The van der Waals surface area contributed by atoms with Crippen LogP contribution in [0.3, 0.4) is 0 Å². The van der Waals surface area contributed by atoms with E-state index in [4.69, 9.17) is 9.84 Å². The first kappa shape index (κ1) is 13.2. The fraction of sp³-hybridized carbons (Fsp3) is 0.538. The number of ether oxygens (including phenoxy) is 1. The molecule has 90 valence electrons. The van der Waals surface area contributed by atoms with E-state index in [1.54, 1.807) is 14.0 Å². The van der Waals surface area contributed by atoms with Crippen LogP contribution < -0.4 is 5.32 Å². The maximum absolute atomic E-state index is 9.13. The molecule has 0 aliphatic heterocycles. The Balaban J connectivity index is 2.40. The number of aliphatic hydroxyl groups is 1. The summed E-state index contributed by atoms with van der Waals surface area (Å²) in [4.78, 5) is 0. The maximum Gasteiger partial charge on any atom is 0.0716 e. The lowest BCUT2D eigenvalue weighted by molar-refractivity contribution is 0.182. The second-order valence-electron chi connectivity index (χ2n) is 4.02. The van der Waals surface area contributed by atoms with Gasteiger partial charge in [-0.1, -0.05) is 24.3 Å². The predicted molar refractivity (Wildman–Crippen MR) is 65.2 cm³/mol. The molecule has 0 saturated carbocycles. The minimum Gasteiger partial charge on any atom is -0.393 e. The van der Waals surface area contributed by atoms with E-state index >= 15 is 0 Å². The zero-order valence-corrected chi connectivity index (χ0v) is 10.1. The molecule has 1 aromatic rings. The average Bonchev–Trinajstić information content (AvgIpc) is 2.26. The summed E-state index contributed by atoms with van der Waals surface area (Å²) in [5, 5.41) is 12.4. The van der Waals surface area contributed by atoms with Crippen LogP contribution in [0.15, 0.2) is 24.3 Å². The summed E-state index contributed by atoms with van der Waals surface area (Å²) in [7, 11) is 1.71. The lowest BCUT2D eigenvalue weighted by Gasteiger charge is -2.10. The Hall–Kier alpha value is -0.900. The van der Waals surface area contributed by atoms with Gasteiger partial charge in [0.25, 0.3) is 0 Å². The Morgan fingerprint density at radius 1 is 1.31 bits per heavy atom. The van der Waals surface area contributed by atoms with Crippen molar-refractivity contribution in [2.75, 3.05) is 13.7 Å². The van der Waals surface area contributed by atoms with Gasteiger partial charge in [-0.05, 0) is 31.0 Å². The molecule has 0 radical (unpaired) electrons. The quantitative estimate of drug-likeness (QED) is 0.691. The summed E-state index contributed by atoms with van der Waals surface area (Å²) in [5.74, 6) is 0. The fourth-order valence-corrected chi connectivity index (χ4v) is 1.56. The minimum absolute atomic E-state index is 0.235. The predicted octanol–water partition coefficient (Wildman–Crippen LogP) is 1.69. The molecule has 0 fully saturated rings. The number of aliphatic hydroxyl groups excluding tert-OH is 1. The smallest absolute Gasteiger partial charge is 0.0716 e. The number of rotatable bonds is 7. The molecule has 1 atom stereocenters. The Morgan fingerprint density at radius 2 is 2.00 bits per heavy atom. The molecule has 0 aliphatic rings. The van der Waals surface area contributed by atoms with Crippen molar-refractivity contribution in [2.24, 2.45) is 0 Å². The molecule has 16 heavy (non-hydrogen) atoms. The molecule has 0 spiro atoms. The molecular weight excluding hydrogens is 202 g/mol. The highest BCUT2D eigenvalue weighted by Gasteiger charge is 2.01. The van der Waals surface area contributed by atoms with Crippen molar-refractivity contribution in [1.29, 1.82) is 0 Å². The van der Waals surface area contributed by atoms with Gasteiger partial charge in [0.1, 0.15) is 0 Å². The third-order valence-corrected chi connectivity index (χ3v) is 2.47. The number of hydrogen-bond acceptors (Lipinski definition) is 3. The first-order valence-corrected chi connectivity index (χ1v) is 5.68. The van der Waals surface area contributed by atoms with Crippen LogP contribution in [0.5, 0.6) is 0 Å². The van der Waals surface area contributed by atoms with Crippen molar-refractivity contribution in [3.63, 3.8) is 0 Å². The van der Waals surface area contributed by atoms with Gasteiger partial charge < -0.3 is 15.2 Å². The van der Waals surface area contributed by atoms with Gasteiger partial charge in [-0.2, -0.15) is 0 Å². The molecule has 1 aromatic carbocycles. The summed E-state index contributed by atoms with van der Waals surface area (Å²) in [6.07, 6.45) is 0.550. The molecule has 0 aliphatic carbocycles. The lowest BCUT2D eigenvalue weighted by Crippen LogP contribution is -2.19. The molecule has 0 bridgehead atoms. The second kappa shape index (κ2) is 7.39. The topological polar surface area (TPSA) is 41.5 Å². The third-order valence-electron chi connectivity index (χ3n) is 2.47. The third kappa shape index (κ3) is 4.75. The van der Waals surface area contributed by atoms with Crippen LogP contribution in [0.2, 0.25) is 0 Å². The standard InChI is InChI=1S/C13H21NO2/c1-11(15)7-8-14-9-12-5-3-4-6-13(12)10-16-2/h3-6,11,14-15H,7-10H2,1-2H3. The van der Waals surface area contributed by atoms with E-state index in [9.17, 15) is 0 Å². The van der Waals surface area contributed by atoms with Crippen molar-refractivity contribution in [1.82, 2.24) is 5.32 Å². The summed E-state index contributed by atoms with van der Waals surface area (Å²) in [5.41, 5.74) is 2.48. The monoisotopic (exact) mass is 223 g/mol. The Bertz CT molecular complexity index is 300. The van der Waals surface area contributed by atoms with E-state index in [-0.39, 0.29) is 6.10 Å². The Kier molecular flexibility index (Phi) is 6.08. The van der Waals surface area contributed by atoms with Crippen molar-refractivity contribution < 1.29 is 9.84 Å². The number of methoxy groups -OCH3 is 1. The van der Waals surface area contributed by atoms with Crippen LogP contribution in [0.25, 0.3) is 0 Å². The van der Waals surface area contributed by atoms with Gasteiger partial charge in [-0.3, -0.25) is 0 Å². The van der Waals surface area contributed by atoms with E-state index in [1.165, 1.54) is 11.1 Å². The summed E-state index contributed by atoms with van der Waals surface area (Å²) in [6, 6.07) is 8.23. The SMILES string of the molecule is COCc1ccccc1CNCCC(C)O. The van der Waals surface area contributed by atoms with Gasteiger partial charge >= 0.3 is 0 Å². The van der Waals surface area contributed by atoms with Crippen LogP contribution in [-0.4, -0.2) is 24.9 Å². The van der Waals surface area contributed by atoms with Crippen LogP contribution in [0, 0.1) is 0 Å². The van der Waals surface area contributed by atoms with Crippen molar-refractivity contribution in [3.8, 4) is 0 Å². The second-order valence-corrected chi connectivity index (χ2v) is 4.02. The van der Waals surface area contributed by atoms with Crippen LogP contribution in [-0.2, 0) is 17.9 Å². The number of nitrogens with one attached hydrogen (secondary N) is 1. The average molecular weight is 223 g/mol. The molecule has 3 nitrogen and oxygen atoms in total. The molecule has 1 unspecified atom stereocenters. The van der Waals surface area contributed by atoms with Gasteiger partial charge in [0.2, 0.25) is 0 Å². The van der Waals surface area contributed by atoms with Crippen molar-refractivity contribution in [3.05, 3.63) is 35.4 Å². The highest BCUT2D eigenvalue weighted by Crippen LogP contribution is 2.09. The maximum atomic E-state index is 9.13. The van der Waals surface area contributed by atoms with E-state index in [0.717, 1.165) is 19.5 Å². The molecule has 3 heteroatoms. The van der Waals surface area contributed by atoms with E-state index in [2.05, 4.69) is 17.4 Å². The van der Waals surface area contributed by atoms with Gasteiger partial charge in [0.05, 0.1) is 12.7 Å². The minimum atomic E-state index is -0.235. The van der Waals surface area contributed by atoms with Crippen LogP contribution >= 0.6 is 0 Å². The summed E-state index contributed by atoms with van der Waals surface area (Å²) in [6.45, 7) is 4.11. The largest absolute Gasteiger partial charge is 0.393 e. The number of benzene rings is 1. The van der Waals surface area contributed by atoms with Gasteiger partial charge in [0.15, 0.2) is 0 Å². The van der Waals surface area contributed by atoms with Gasteiger partial charge in [-0.15, -0.1) is 0 Å². The molecule has 2 N–H and O–H groups in total. The Labute approximate surface area is 97.4 Å². The first-order valence-electron chi connectivity index (χ1n) is 5.68. The van der Waals surface area contributed by atoms with Crippen molar-refractivity contribution >= 4 is 0 Å². The van der Waals surface area contributed by atoms with E-state index in [0.29, 0.717) is 6.61 Å².